The Kier molecular flexibility index (Phi) is 6.43. The number of anilines is 1. The predicted octanol–water partition coefficient (Wildman–Crippen LogP) is 3.76. The molecule has 2 amide bonds. The first-order valence-corrected chi connectivity index (χ1v) is 12.3. The Morgan fingerprint density at radius 2 is 1.69 bits per heavy atom. The molecule has 1 atom stereocenters. The maximum atomic E-state index is 12.8. The summed E-state index contributed by atoms with van der Waals surface area (Å²) in [4.78, 5) is 26.7. The highest BCUT2D eigenvalue weighted by molar-refractivity contribution is 7.89. The number of carbonyl (C=O) groups excluding carboxylic acids is 2. The van der Waals surface area contributed by atoms with Crippen LogP contribution in [0.5, 0.6) is 0 Å². The maximum absolute atomic E-state index is 12.8. The van der Waals surface area contributed by atoms with Crippen molar-refractivity contribution in [3.63, 3.8) is 0 Å². The average Bonchev–Trinajstić information content (AvgIpc) is 2.80. The summed E-state index contributed by atoms with van der Waals surface area (Å²) in [5.74, 6) is -0.390. The van der Waals surface area contributed by atoms with Crippen LogP contribution in [0.2, 0.25) is 0 Å². The minimum absolute atomic E-state index is 0.0920. The number of benzene rings is 2. The number of rotatable bonds is 5. The molecule has 2 aromatic rings. The van der Waals surface area contributed by atoms with E-state index < -0.39 is 16.1 Å². The maximum Gasteiger partial charge on any atom is 0.243 e. The molecular weight excluding hydrogens is 426 g/mol. The molecule has 0 aliphatic carbocycles. The highest BCUT2D eigenvalue weighted by atomic mass is 32.2. The van der Waals surface area contributed by atoms with Gasteiger partial charge in [0.05, 0.1) is 17.4 Å². The molecule has 32 heavy (non-hydrogen) atoms. The summed E-state index contributed by atoms with van der Waals surface area (Å²) in [6.45, 7) is 2.57. The standard InChI is InChI=1S/C24H27N3O4S/c1-18(28)27-16-13-19-7-3-4-8-22(19)23(27)17-24(29)25-20-9-11-21(12-10-20)32(30,31)26-14-5-2-6-15-26/h3-4,7-13,16,23H,2,5-6,14-15,17H2,1H3,(H,25,29). The summed E-state index contributed by atoms with van der Waals surface area (Å²) in [6, 6.07) is 13.6. The topological polar surface area (TPSA) is 86.8 Å². The van der Waals surface area contributed by atoms with Gasteiger partial charge in [-0.3, -0.25) is 9.59 Å². The fourth-order valence-corrected chi connectivity index (χ4v) is 5.78. The van der Waals surface area contributed by atoms with Crippen molar-refractivity contribution in [3.8, 4) is 0 Å². The Balaban J connectivity index is 1.46. The van der Waals surface area contributed by atoms with Gasteiger partial charge in [0, 0.05) is 31.9 Å². The monoisotopic (exact) mass is 453 g/mol. The fourth-order valence-electron chi connectivity index (χ4n) is 4.27. The van der Waals surface area contributed by atoms with E-state index in [9.17, 15) is 18.0 Å². The second-order valence-corrected chi connectivity index (χ2v) is 10.1. The molecule has 168 valence electrons. The number of hydrogen-bond donors (Lipinski definition) is 1. The number of amides is 2. The van der Waals surface area contributed by atoms with Crippen LogP contribution in [0.1, 0.15) is 49.8 Å². The van der Waals surface area contributed by atoms with Gasteiger partial charge in [-0.15, -0.1) is 0 Å². The molecule has 2 aliphatic heterocycles. The van der Waals surface area contributed by atoms with E-state index in [1.54, 1.807) is 23.2 Å². The third kappa shape index (κ3) is 4.61. The van der Waals surface area contributed by atoms with Crippen LogP contribution in [0, 0.1) is 0 Å². The van der Waals surface area contributed by atoms with E-state index in [0.717, 1.165) is 30.4 Å². The SMILES string of the molecule is CC(=O)N1C=Cc2ccccc2C1CC(=O)Nc1ccc(S(=O)(=O)N2CCCCC2)cc1. The molecule has 1 N–H and O–H groups in total. The molecule has 0 spiro atoms. The lowest BCUT2D eigenvalue weighted by Crippen LogP contribution is -2.35. The van der Waals surface area contributed by atoms with Crippen molar-refractivity contribution in [2.75, 3.05) is 18.4 Å². The molecule has 1 fully saturated rings. The highest BCUT2D eigenvalue weighted by Crippen LogP contribution is 2.33. The summed E-state index contributed by atoms with van der Waals surface area (Å²) in [5, 5.41) is 2.83. The van der Waals surface area contributed by atoms with E-state index in [1.165, 1.54) is 23.4 Å². The normalized spacial score (nSPS) is 18.8. The Morgan fingerprint density at radius 1 is 1.00 bits per heavy atom. The molecule has 0 bridgehead atoms. The lowest BCUT2D eigenvalue weighted by atomic mass is 9.93. The van der Waals surface area contributed by atoms with Gasteiger partial charge in [0.2, 0.25) is 21.8 Å². The number of carbonyl (C=O) groups is 2. The number of nitrogens with zero attached hydrogens (tertiary/aromatic N) is 2. The van der Waals surface area contributed by atoms with Crippen molar-refractivity contribution in [2.45, 2.75) is 43.5 Å². The summed E-state index contributed by atoms with van der Waals surface area (Å²) in [7, 11) is -3.51. The lowest BCUT2D eigenvalue weighted by molar-refractivity contribution is -0.129. The van der Waals surface area contributed by atoms with Crippen LogP contribution in [0.3, 0.4) is 0 Å². The van der Waals surface area contributed by atoms with Crippen molar-refractivity contribution in [1.29, 1.82) is 0 Å². The molecule has 0 aromatic heterocycles. The van der Waals surface area contributed by atoms with E-state index in [4.69, 9.17) is 0 Å². The van der Waals surface area contributed by atoms with Gasteiger partial charge in [-0.1, -0.05) is 30.7 Å². The second kappa shape index (κ2) is 9.26. The first-order valence-electron chi connectivity index (χ1n) is 10.8. The zero-order valence-corrected chi connectivity index (χ0v) is 18.8. The van der Waals surface area contributed by atoms with Crippen molar-refractivity contribution in [3.05, 3.63) is 65.9 Å². The Labute approximate surface area is 188 Å². The number of sulfonamides is 1. The first kappa shape index (κ1) is 22.2. The highest BCUT2D eigenvalue weighted by Gasteiger charge is 2.29. The van der Waals surface area contributed by atoms with Crippen LogP contribution in [-0.2, 0) is 19.6 Å². The quantitative estimate of drug-likeness (QED) is 0.747. The number of nitrogens with one attached hydrogen (secondary N) is 1. The van der Waals surface area contributed by atoms with Gasteiger partial charge in [-0.05, 0) is 54.3 Å². The predicted molar refractivity (Wildman–Crippen MR) is 123 cm³/mol. The molecule has 1 saturated heterocycles. The second-order valence-electron chi connectivity index (χ2n) is 8.13. The molecule has 7 nitrogen and oxygen atoms in total. The minimum atomic E-state index is -3.51. The van der Waals surface area contributed by atoms with Crippen molar-refractivity contribution < 1.29 is 18.0 Å². The third-order valence-corrected chi connectivity index (χ3v) is 7.85. The third-order valence-electron chi connectivity index (χ3n) is 5.94. The molecule has 0 radical (unpaired) electrons. The molecule has 0 saturated carbocycles. The Bertz CT molecular complexity index is 1140. The molecule has 8 heteroatoms. The van der Waals surface area contributed by atoms with Gasteiger partial charge in [-0.2, -0.15) is 4.31 Å². The zero-order valence-electron chi connectivity index (χ0n) is 18.0. The first-order chi connectivity index (χ1) is 15.4. The number of fused-ring (bicyclic) bond motifs is 1. The molecule has 2 heterocycles. The smallest absolute Gasteiger partial charge is 0.243 e. The van der Waals surface area contributed by atoms with Crippen LogP contribution >= 0.6 is 0 Å². The van der Waals surface area contributed by atoms with Crippen molar-refractivity contribution >= 4 is 33.6 Å². The lowest BCUT2D eigenvalue weighted by Gasteiger charge is -2.32. The summed E-state index contributed by atoms with van der Waals surface area (Å²) in [6.07, 6.45) is 6.48. The van der Waals surface area contributed by atoms with Crippen LogP contribution in [0.15, 0.2) is 59.6 Å². The van der Waals surface area contributed by atoms with Gasteiger partial charge in [0.1, 0.15) is 0 Å². The van der Waals surface area contributed by atoms with Crippen LogP contribution in [0.4, 0.5) is 5.69 Å². The summed E-state index contributed by atoms with van der Waals surface area (Å²) >= 11 is 0. The molecule has 2 aromatic carbocycles. The van der Waals surface area contributed by atoms with Gasteiger partial charge >= 0.3 is 0 Å². The zero-order chi connectivity index (χ0) is 22.7. The Hall–Kier alpha value is -2.97. The van der Waals surface area contributed by atoms with Gasteiger partial charge in [0.25, 0.3) is 0 Å². The van der Waals surface area contributed by atoms with E-state index in [2.05, 4.69) is 5.32 Å². The van der Waals surface area contributed by atoms with E-state index >= 15 is 0 Å². The number of hydrogen-bond acceptors (Lipinski definition) is 4. The Morgan fingerprint density at radius 3 is 2.38 bits per heavy atom. The van der Waals surface area contributed by atoms with E-state index in [-0.39, 0.29) is 23.1 Å². The van der Waals surface area contributed by atoms with Gasteiger partial charge in [0.15, 0.2) is 0 Å². The van der Waals surface area contributed by atoms with Crippen molar-refractivity contribution in [2.24, 2.45) is 0 Å². The van der Waals surface area contributed by atoms with Crippen LogP contribution < -0.4 is 5.32 Å². The van der Waals surface area contributed by atoms with Crippen LogP contribution in [-0.4, -0.2) is 42.5 Å². The summed E-state index contributed by atoms with van der Waals surface area (Å²) in [5.41, 5.74) is 2.42. The van der Waals surface area contributed by atoms with Crippen LogP contribution in [0.25, 0.3) is 6.08 Å². The largest absolute Gasteiger partial charge is 0.326 e. The van der Waals surface area contributed by atoms with Gasteiger partial charge in [-0.25, -0.2) is 8.42 Å². The molecule has 1 unspecified atom stereocenters. The number of piperidine rings is 1. The minimum Gasteiger partial charge on any atom is -0.326 e. The fraction of sp³-hybridized carbons (Fsp3) is 0.333. The summed E-state index contributed by atoms with van der Waals surface area (Å²) < 4.78 is 27.1. The molecule has 4 rings (SSSR count). The van der Waals surface area contributed by atoms with Gasteiger partial charge < -0.3 is 10.2 Å². The van der Waals surface area contributed by atoms with Crippen molar-refractivity contribution in [1.82, 2.24) is 9.21 Å². The van der Waals surface area contributed by atoms with E-state index in [0.29, 0.717) is 18.8 Å². The van der Waals surface area contributed by atoms with E-state index in [1.807, 2.05) is 30.3 Å². The molecular formula is C24H27N3O4S. The molecule has 2 aliphatic rings. The average molecular weight is 454 g/mol.